The van der Waals surface area contributed by atoms with E-state index in [9.17, 15) is 15.3 Å². The number of aliphatic hydroxyl groups excluding tert-OH is 6. The Bertz CT molecular complexity index is 1390. The van der Waals surface area contributed by atoms with E-state index in [1.807, 2.05) is 72.8 Å². The zero-order valence-corrected chi connectivity index (χ0v) is 24.7. The van der Waals surface area contributed by atoms with Gasteiger partial charge in [0.1, 0.15) is 55.4 Å². The second kappa shape index (κ2) is 17.2. The van der Waals surface area contributed by atoms with Crippen LogP contribution in [0.15, 0.2) is 97.1 Å². The fourth-order valence-electron chi connectivity index (χ4n) is 4.17. The van der Waals surface area contributed by atoms with Crippen molar-refractivity contribution in [2.45, 2.75) is 18.3 Å². The first-order chi connectivity index (χ1) is 21.9. The summed E-state index contributed by atoms with van der Waals surface area (Å²) in [6.07, 6.45) is 1.15. The molecule has 0 heterocycles. The SMILES string of the molecule is OCC(O)COc1ccc(C=Cc2ccc(N(c3ccc(OCC(O)CO)cc3)c3ccc(OCC(O)CO)cc3)cc2)cc1. The number of anilines is 3. The molecule has 0 spiro atoms. The van der Waals surface area contributed by atoms with Crippen molar-refractivity contribution in [3.05, 3.63) is 108 Å². The van der Waals surface area contributed by atoms with Gasteiger partial charge in [0.15, 0.2) is 0 Å². The van der Waals surface area contributed by atoms with Crippen molar-refractivity contribution in [1.82, 2.24) is 0 Å². The lowest BCUT2D eigenvalue weighted by Crippen LogP contribution is -2.21. The van der Waals surface area contributed by atoms with E-state index in [-0.39, 0.29) is 39.6 Å². The van der Waals surface area contributed by atoms with Crippen molar-refractivity contribution in [2.24, 2.45) is 0 Å². The second-order valence-corrected chi connectivity index (χ2v) is 10.3. The van der Waals surface area contributed by atoms with Crippen LogP contribution < -0.4 is 19.1 Å². The quantitative estimate of drug-likeness (QED) is 0.0971. The first-order valence-electron chi connectivity index (χ1n) is 14.5. The van der Waals surface area contributed by atoms with Crippen molar-refractivity contribution in [2.75, 3.05) is 44.5 Å². The van der Waals surface area contributed by atoms with Crippen LogP contribution in [0.25, 0.3) is 12.2 Å². The van der Waals surface area contributed by atoms with E-state index in [1.165, 1.54) is 0 Å². The number of benzene rings is 4. The van der Waals surface area contributed by atoms with Gasteiger partial charge >= 0.3 is 0 Å². The third-order valence-electron chi connectivity index (χ3n) is 6.65. The molecular weight excluding hydrogens is 578 g/mol. The van der Waals surface area contributed by atoms with Crippen LogP contribution in [0.3, 0.4) is 0 Å². The Kier molecular flexibility index (Phi) is 12.8. The molecule has 0 saturated heterocycles. The van der Waals surface area contributed by atoms with E-state index >= 15 is 0 Å². The number of hydrogen-bond donors (Lipinski definition) is 6. The third-order valence-corrected chi connectivity index (χ3v) is 6.65. The van der Waals surface area contributed by atoms with Gasteiger partial charge in [0, 0.05) is 17.1 Å². The Morgan fingerprint density at radius 2 is 0.711 bits per heavy atom. The maximum absolute atomic E-state index is 9.60. The minimum absolute atomic E-state index is 0.0202. The first kappa shape index (κ1) is 33.5. The number of hydrogen-bond acceptors (Lipinski definition) is 10. The van der Waals surface area contributed by atoms with Gasteiger partial charge in [0.25, 0.3) is 0 Å². The summed E-state index contributed by atoms with van der Waals surface area (Å²) in [5.41, 5.74) is 4.56. The molecule has 10 heteroatoms. The van der Waals surface area contributed by atoms with Crippen LogP contribution >= 0.6 is 0 Å². The van der Waals surface area contributed by atoms with Crippen LogP contribution in [0.5, 0.6) is 17.2 Å². The minimum atomic E-state index is -0.960. The summed E-state index contributed by atoms with van der Waals surface area (Å²) in [6, 6.07) is 30.2. The second-order valence-electron chi connectivity index (χ2n) is 10.3. The van der Waals surface area contributed by atoms with E-state index in [2.05, 4.69) is 4.90 Å². The predicted octanol–water partition coefficient (Wildman–Crippen LogP) is 3.52. The molecule has 0 aliphatic rings. The Morgan fingerprint density at radius 1 is 0.444 bits per heavy atom. The normalized spacial score (nSPS) is 13.3. The van der Waals surface area contributed by atoms with Crippen LogP contribution in [0.1, 0.15) is 11.1 Å². The van der Waals surface area contributed by atoms with Gasteiger partial charge in [-0.05, 0) is 83.9 Å². The maximum atomic E-state index is 9.60. The molecule has 4 aromatic carbocycles. The fourth-order valence-corrected chi connectivity index (χ4v) is 4.17. The standard InChI is InChI=1S/C35H39NO9/c37-19-30(40)22-43-33-13-5-26(6-14-33)2-1-25-3-7-27(8-4-25)36(28-9-15-34(16-10-28)44-23-31(41)20-38)29-11-17-35(18-12-29)45-24-32(42)21-39/h1-18,30-32,37-42H,19-24H2. The Labute approximate surface area is 262 Å². The lowest BCUT2D eigenvalue weighted by Gasteiger charge is -2.26. The van der Waals surface area contributed by atoms with Crippen LogP contribution in [0, 0.1) is 0 Å². The zero-order valence-electron chi connectivity index (χ0n) is 24.7. The molecule has 0 aliphatic carbocycles. The molecule has 45 heavy (non-hydrogen) atoms. The molecule has 0 radical (unpaired) electrons. The molecular formula is C35H39NO9. The summed E-state index contributed by atoms with van der Waals surface area (Å²) < 4.78 is 16.6. The number of ether oxygens (including phenoxy) is 3. The van der Waals surface area contributed by atoms with Gasteiger partial charge in [0.2, 0.25) is 0 Å². The molecule has 3 atom stereocenters. The average molecular weight is 618 g/mol. The average Bonchev–Trinajstić information content (AvgIpc) is 3.09. The molecule has 0 amide bonds. The highest BCUT2D eigenvalue weighted by atomic mass is 16.5. The zero-order chi connectivity index (χ0) is 32.0. The lowest BCUT2D eigenvalue weighted by atomic mass is 10.1. The summed E-state index contributed by atoms with van der Waals surface area (Å²) in [5.74, 6) is 1.72. The summed E-state index contributed by atoms with van der Waals surface area (Å²) >= 11 is 0. The van der Waals surface area contributed by atoms with Gasteiger partial charge < -0.3 is 49.7 Å². The molecule has 3 unspecified atom stereocenters. The van der Waals surface area contributed by atoms with Gasteiger partial charge in [-0.25, -0.2) is 0 Å². The summed E-state index contributed by atoms with van der Waals surface area (Å²) in [7, 11) is 0. The first-order valence-corrected chi connectivity index (χ1v) is 14.5. The number of rotatable bonds is 17. The van der Waals surface area contributed by atoms with Crippen LogP contribution in [0.4, 0.5) is 17.1 Å². The van der Waals surface area contributed by atoms with E-state index in [0.29, 0.717) is 17.2 Å². The topological polar surface area (TPSA) is 152 Å². The lowest BCUT2D eigenvalue weighted by molar-refractivity contribution is 0.0536. The van der Waals surface area contributed by atoms with Gasteiger partial charge in [0.05, 0.1) is 19.8 Å². The van der Waals surface area contributed by atoms with Crippen molar-refractivity contribution in [3.63, 3.8) is 0 Å². The largest absolute Gasteiger partial charge is 0.491 e. The smallest absolute Gasteiger partial charge is 0.119 e. The molecule has 4 aromatic rings. The molecule has 4 rings (SSSR count). The molecule has 0 saturated carbocycles. The van der Waals surface area contributed by atoms with Gasteiger partial charge in [-0.1, -0.05) is 36.4 Å². The molecule has 0 bridgehead atoms. The van der Waals surface area contributed by atoms with Gasteiger partial charge in [-0.15, -0.1) is 0 Å². The molecule has 10 nitrogen and oxygen atoms in total. The highest BCUT2D eigenvalue weighted by molar-refractivity contribution is 5.78. The highest BCUT2D eigenvalue weighted by Crippen LogP contribution is 2.36. The van der Waals surface area contributed by atoms with Crippen molar-refractivity contribution in [3.8, 4) is 17.2 Å². The van der Waals surface area contributed by atoms with Gasteiger partial charge in [-0.2, -0.15) is 0 Å². The molecule has 0 aromatic heterocycles. The highest BCUT2D eigenvalue weighted by Gasteiger charge is 2.14. The summed E-state index contributed by atoms with van der Waals surface area (Å²) in [4.78, 5) is 2.05. The van der Waals surface area contributed by atoms with Crippen LogP contribution in [0.2, 0.25) is 0 Å². The van der Waals surface area contributed by atoms with Crippen molar-refractivity contribution >= 4 is 29.2 Å². The Hall–Kier alpha value is -4.42. The van der Waals surface area contributed by atoms with Crippen LogP contribution in [-0.4, -0.2) is 88.6 Å². The molecule has 0 aliphatic heterocycles. The predicted molar refractivity (Wildman–Crippen MR) is 172 cm³/mol. The van der Waals surface area contributed by atoms with Crippen LogP contribution in [-0.2, 0) is 0 Å². The third kappa shape index (κ3) is 10.3. The maximum Gasteiger partial charge on any atom is 0.119 e. The number of nitrogens with zero attached hydrogens (tertiary/aromatic N) is 1. The molecule has 238 valence electrons. The monoisotopic (exact) mass is 617 g/mol. The van der Waals surface area contributed by atoms with Gasteiger partial charge in [-0.3, -0.25) is 0 Å². The Morgan fingerprint density at radius 3 is 1.02 bits per heavy atom. The molecule has 0 fully saturated rings. The minimum Gasteiger partial charge on any atom is -0.491 e. The summed E-state index contributed by atoms with van der Waals surface area (Å²) in [5, 5.41) is 55.7. The van der Waals surface area contributed by atoms with E-state index < -0.39 is 18.3 Å². The Balaban J connectivity index is 1.51. The van der Waals surface area contributed by atoms with E-state index in [4.69, 9.17) is 29.5 Å². The van der Waals surface area contributed by atoms with Crippen molar-refractivity contribution < 1.29 is 44.8 Å². The summed E-state index contributed by atoms with van der Waals surface area (Å²) in [6.45, 7) is -1.13. The van der Waals surface area contributed by atoms with E-state index in [1.54, 1.807) is 36.4 Å². The van der Waals surface area contributed by atoms with Crippen molar-refractivity contribution in [1.29, 1.82) is 0 Å². The number of aliphatic hydroxyl groups is 6. The van der Waals surface area contributed by atoms with E-state index in [0.717, 1.165) is 28.2 Å². The molecule has 6 N–H and O–H groups in total. The fraction of sp³-hybridized carbons (Fsp3) is 0.257.